The number of methoxy groups -OCH3 is 1. The van der Waals surface area contributed by atoms with Gasteiger partial charge in [0.05, 0.1) is 12.7 Å². The van der Waals surface area contributed by atoms with Crippen molar-refractivity contribution in [2.24, 2.45) is 0 Å². The van der Waals surface area contributed by atoms with Crippen molar-refractivity contribution in [3.8, 4) is 0 Å². The van der Waals surface area contributed by atoms with E-state index in [1.165, 1.54) is 23.8 Å². The van der Waals surface area contributed by atoms with E-state index < -0.39 is 5.97 Å². The van der Waals surface area contributed by atoms with Gasteiger partial charge in [-0.15, -0.1) is 0 Å². The lowest BCUT2D eigenvalue weighted by atomic mass is 10.1. The van der Waals surface area contributed by atoms with E-state index in [2.05, 4.69) is 48.3 Å². The molecule has 2 aromatic rings. The van der Waals surface area contributed by atoms with Crippen LogP contribution < -0.4 is 10.6 Å². The maximum absolute atomic E-state index is 12.1. The van der Waals surface area contributed by atoms with Crippen LogP contribution >= 0.6 is 0 Å². The SMILES string of the molecule is COC(=O)c1ccc(NC(=O)CCNc2c(C)cc(C)cc2C)cc1. The van der Waals surface area contributed by atoms with Gasteiger partial charge in [0.25, 0.3) is 0 Å². The first-order valence-corrected chi connectivity index (χ1v) is 8.20. The summed E-state index contributed by atoms with van der Waals surface area (Å²) < 4.78 is 4.64. The van der Waals surface area contributed by atoms with Gasteiger partial charge in [0.2, 0.25) is 5.91 Å². The second kappa shape index (κ2) is 8.33. The summed E-state index contributed by atoms with van der Waals surface area (Å²) in [4.78, 5) is 23.4. The molecule has 0 aliphatic carbocycles. The van der Waals surface area contributed by atoms with Gasteiger partial charge in [-0.1, -0.05) is 17.7 Å². The third-order valence-corrected chi connectivity index (χ3v) is 3.92. The van der Waals surface area contributed by atoms with Crippen LogP contribution in [0.4, 0.5) is 11.4 Å². The molecule has 0 aliphatic rings. The highest BCUT2D eigenvalue weighted by molar-refractivity contribution is 5.93. The Labute approximate surface area is 148 Å². The van der Waals surface area contributed by atoms with Crippen LogP contribution in [0.3, 0.4) is 0 Å². The molecule has 0 saturated heterocycles. The minimum Gasteiger partial charge on any atom is -0.465 e. The Hall–Kier alpha value is -2.82. The fourth-order valence-corrected chi connectivity index (χ4v) is 2.79. The predicted octanol–water partition coefficient (Wildman–Crippen LogP) is 3.84. The van der Waals surface area contributed by atoms with Crippen molar-refractivity contribution in [3.05, 3.63) is 58.7 Å². The molecule has 0 aromatic heterocycles. The zero-order valence-corrected chi connectivity index (χ0v) is 15.1. The summed E-state index contributed by atoms with van der Waals surface area (Å²) >= 11 is 0. The Kier molecular flexibility index (Phi) is 6.17. The summed E-state index contributed by atoms with van der Waals surface area (Å²) in [5, 5.41) is 6.15. The molecule has 0 bridgehead atoms. The molecule has 25 heavy (non-hydrogen) atoms. The lowest BCUT2D eigenvalue weighted by molar-refractivity contribution is -0.115. The van der Waals surface area contributed by atoms with Gasteiger partial charge in [0.1, 0.15) is 0 Å². The van der Waals surface area contributed by atoms with Crippen LogP contribution in [0.15, 0.2) is 36.4 Å². The van der Waals surface area contributed by atoms with Crippen LogP contribution in [0.2, 0.25) is 0 Å². The zero-order chi connectivity index (χ0) is 18.4. The van der Waals surface area contributed by atoms with E-state index in [0.717, 1.165) is 5.69 Å². The van der Waals surface area contributed by atoms with Crippen LogP contribution in [-0.4, -0.2) is 25.5 Å². The molecule has 5 nitrogen and oxygen atoms in total. The van der Waals surface area contributed by atoms with Gasteiger partial charge in [-0.2, -0.15) is 0 Å². The number of carbonyl (C=O) groups is 2. The van der Waals surface area contributed by atoms with E-state index in [0.29, 0.717) is 24.2 Å². The zero-order valence-electron chi connectivity index (χ0n) is 15.1. The maximum atomic E-state index is 12.1. The molecule has 0 aliphatic heterocycles. The molecule has 2 N–H and O–H groups in total. The third-order valence-electron chi connectivity index (χ3n) is 3.92. The van der Waals surface area contributed by atoms with Gasteiger partial charge in [-0.05, 0) is 56.2 Å². The van der Waals surface area contributed by atoms with Gasteiger partial charge < -0.3 is 15.4 Å². The largest absolute Gasteiger partial charge is 0.465 e. The van der Waals surface area contributed by atoms with Crippen LogP contribution in [-0.2, 0) is 9.53 Å². The van der Waals surface area contributed by atoms with Gasteiger partial charge in [0, 0.05) is 24.3 Å². The average Bonchev–Trinajstić information content (AvgIpc) is 2.57. The number of amides is 1. The van der Waals surface area contributed by atoms with Crippen molar-refractivity contribution in [1.82, 2.24) is 0 Å². The second-order valence-corrected chi connectivity index (χ2v) is 6.07. The number of benzene rings is 2. The molecule has 0 spiro atoms. The number of nitrogens with one attached hydrogen (secondary N) is 2. The van der Waals surface area contributed by atoms with Crippen molar-refractivity contribution in [3.63, 3.8) is 0 Å². The van der Waals surface area contributed by atoms with Gasteiger partial charge >= 0.3 is 5.97 Å². The molecule has 0 unspecified atom stereocenters. The van der Waals surface area contributed by atoms with E-state index in [-0.39, 0.29) is 5.91 Å². The van der Waals surface area contributed by atoms with Gasteiger partial charge in [-0.3, -0.25) is 4.79 Å². The summed E-state index contributed by atoms with van der Waals surface area (Å²) in [5.74, 6) is -0.480. The maximum Gasteiger partial charge on any atom is 0.337 e. The number of rotatable bonds is 6. The van der Waals surface area contributed by atoms with Crippen LogP contribution in [0.5, 0.6) is 0 Å². The van der Waals surface area contributed by atoms with Crippen molar-refractivity contribution in [2.45, 2.75) is 27.2 Å². The third kappa shape index (κ3) is 5.08. The molecule has 0 radical (unpaired) electrons. The van der Waals surface area contributed by atoms with E-state index >= 15 is 0 Å². The van der Waals surface area contributed by atoms with Crippen molar-refractivity contribution in [2.75, 3.05) is 24.3 Å². The van der Waals surface area contributed by atoms with Gasteiger partial charge in [0.15, 0.2) is 0 Å². The molecule has 132 valence electrons. The van der Waals surface area contributed by atoms with Crippen molar-refractivity contribution < 1.29 is 14.3 Å². The summed E-state index contributed by atoms with van der Waals surface area (Å²) in [6.45, 7) is 6.75. The van der Waals surface area contributed by atoms with Crippen molar-refractivity contribution in [1.29, 1.82) is 0 Å². The first-order valence-electron chi connectivity index (χ1n) is 8.20. The molecule has 1 amide bonds. The fourth-order valence-electron chi connectivity index (χ4n) is 2.79. The Morgan fingerprint density at radius 1 is 1.00 bits per heavy atom. The Morgan fingerprint density at radius 2 is 1.60 bits per heavy atom. The molecular formula is C20H24N2O3. The number of anilines is 2. The minimum absolute atomic E-state index is 0.0827. The number of ether oxygens (including phenoxy) is 1. The summed E-state index contributed by atoms with van der Waals surface area (Å²) in [7, 11) is 1.34. The minimum atomic E-state index is -0.397. The lowest BCUT2D eigenvalue weighted by Gasteiger charge is -2.14. The van der Waals surface area contributed by atoms with Gasteiger partial charge in [-0.25, -0.2) is 4.79 Å². The van der Waals surface area contributed by atoms with Crippen LogP contribution in [0.1, 0.15) is 33.5 Å². The standard InChI is InChI=1S/C20H24N2O3/c1-13-11-14(2)19(15(3)12-13)21-10-9-18(23)22-17-7-5-16(6-8-17)20(24)25-4/h5-8,11-12,21H,9-10H2,1-4H3,(H,22,23). The number of hydrogen-bond acceptors (Lipinski definition) is 4. The molecule has 2 aromatic carbocycles. The molecule has 2 rings (SSSR count). The van der Waals surface area contributed by atoms with E-state index in [1.54, 1.807) is 24.3 Å². The molecule has 5 heteroatoms. The molecule has 0 atom stereocenters. The number of esters is 1. The van der Waals surface area contributed by atoms with E-state index in [1.807, 2.05) is 0 Å². The lowest BCUT2D eigenvalue weighted by Crippen LogP contribution is -2.17. The smallest absolute Gasteiger partial charge is 0.337 e. The highest BCUT2D eigenvalue weighted by atomic mass is 16.5. The molecule has 0 fully saturated rings. The van der Waals surface area contributed by atoms with Crippen LogP contribution in [0.25, 0.3) is 0 Å². The van der Waals surface area contributed by atoms with E-state index in [9.17, 15) is 9.59 Å². The number of hydrogen-bond donors (Lipinski definition) is 2. The van der Waals surface area contributed by atoms with E-state index in [4.69, 9.17) is 0 Å². The Bertz CT molecular complexity index is 744. The number of aryl methyl sites for hydroxylation is 3. The topological polar surface area (TPSA) is 67.4 Å². The Balaban J connectivity index is 1.86. The second-order valence-electron chi connectivity index (χ2n) is 6.07. The normalized spacial score (nSPS) is 10.2. The van der Waals surface area contributed by atoms with Crippen molar-refractivity contribution >= 4 is 23.3 Å². The highest BCUT2D eigenvalue weighted by Crippen LogP contribution is 2.21. The molecule has 0 heterocycles. The highest BCUT2D eigenvalue weighted by Gasteiger charge is 2.07. The monoisotopic (exact) mass is 340 g/mol. The molecular weight excluding hydrogens is 316 g/mol. The first kappa shape index (κ1) is 18.5. The first-order chi connectivity index (χ1) is 11.9. The molecule has 0 saturated carbocycles. The summed E-state index contributed by atoms with van der Waals surface area (Å²) in [6, 6.07) is 10.9. The quantitative estimate of drug-likeness (QED) is 0.784. The summed E-state index contributed by atoms with van der Waals surface area (Å²) in [5.41, 5.74) is 5.77. The Morgan fingerprint density at radius 3 is 2.16 bits per heavy atom. The summed E-state index contributed by atoms with van der Waals surface area (Å²) in [6.07, 6.45) is 0.353. The van der Waals surface area contributed by atoms with Crippen LogP contribution in [0, 0.1) is 20.8 Å². The number of carbonyl (C=O) groups excluding carboxylic acids is 2. The average molecular weight is 340 g/mol. The predicted molar refractivity (Wildman–Crippen MR) is 100 cm³/mol. The fraction of sp³-hybridized carbons (Fsp3) is 0.300.